The molecule has 0 saturated heterocycles. The molecule has 2 amide bonds. The molecule has 0 bridgehead atoms. The monoisotopic (exact) mass is 489 g/mol. The van der Waals surface area contributed by atoms with Crippen molar-refractivity contribution in [3.8, 4) is 22.8 Å². The molecule has 0 aliphatic heterocycles. The number of carbonyl (C=O) groups excluding carboxylic acids is 2. The summed E-state index contributed by atoms with van der Waals surface area (Å²) in [7, 11) is 1.79. The van der Waals surface area contributed by atoms with Crippen LogP contribution in [-0.4, -0.2) is 26.6 Å². The quantitative estimate of drug-likeness (QED) is 0.360. The number of anilines is 2. The first-order chi connectivity index (χ1) is 17.3. The van der Waals surface area contributed by atoms with Gasteiger partial charge >= 0.3 is 0 Å². The van der Waals surface area contributed by atoms with E-state index in [1.54, 1.807) is 42.5 Å². The summed E-state index contributed by atoms with van der Waals surface area (Å²) in [5.41, 5.74) is 0.740. The van der Waals surface area contributed by atoms with Gasteiger partial charge in [-0.1, -0.05) is 0 Å². The minimum Gasteiger partial charge on any atom is -0.454 e. The van der Waals surface area contributed by atoms with E-state index in [9.17, 15) is 18.4 Å². The third-order valence-electron chi connectivity index (χ3n) is 5.87. The predicted molar refractivity (Wildman–Crippen MR) is 128 cm³/mol. The second kappa shape index (κ2) is 9.21. The first kappa shape index (κ1) is 23.2. The molecular formula is C26H21F2N5O3. The highest BCUT2D eigenvalue weighted by molar-refractivity contribution is 6.16. The van der Waals surface area contributed by atoms with Crippen LogP contribution in [0.4, 0.5) is 20.2 Å². The van der Waals surface area contributed by atoms with Gasteiger partial charge in [0.05, 0.1) is 11.9 Å². The molecule has 0 atom stereocenters. The first-order valence-electron chi connectivity index (χ1n) is 11.1. The molecule has 4 aromatic rings. The maximum absolute atomic E-state index is 14.8. The Labute approximate surface area is 204 Å². The molecule has 0 unspecified atom stereocenters. The predicted octanol–water partition coefficient (Wildman–Crippen LogP) is 4.91. The van der Waals surface area contributed by atoms with Gasteiger partial charge in [-0.3, -0.25) is 19.3 Å². The van der Waals surface area contributed by atoms with Crippen LogP contribution in [0, 0.1) is 17.0 Å². The van der Waals surface area contributed by atoms with Gasteiger partial charge in [-0.25, -0.2) is 8.78 Å². The first-order valence-corrected chi connectivity index (χ1v) is 11.1. The Hall–Kier alpha value is -4.60. The van der Waals surface area contributed by atoms with E-state index >= 15 is 0 Å². The number of rotatable bonds is 7. The highest BCUT2D eigenvalue weighted by atomic mass is 19.1. The third kappa shape index (κ3) is 4.78. The van der Waals surface area contributed by atoms with Crippen LogP contribution < -0.4 is 15.4 Å². The number of halogens is 2. The number of carbonyl (C=O) groups is 2. The standard InChI is InChI=1S/C26H21F2N5O3/c1-33-15-16(14-30-33)22-13-20(8-11-29-22)36-23-7-6-19(12-21(23)28)32-25(35)26(9-10-26)24(34)31-18-4-2-17(27)3-5-18/h2-8,11-15H,9-10H2,1H3,(H,31,34)(H,32,35). The smallest absolute Gasteiger partial charge is 0.240 e. The normalized spacial score (nSPS) is 13.6. The zero-order chi connectivity index (χ0) is 25.3. The van der Waals surface area contributed by atoms with Crippen molar-refractivity contribution in [2.24, 2.45) is 12.5 Å². The van der Waals surface area contributed by atoms with Gasteiger partial charge in [0, 0.05) is 48.5 Å². The summed E-state index contributed by atoms with van der Waals surface area (Å²) in [6, 6.07) is 12.6. The molecule has 5 rings (SSSR count). The van der Waals surface area contributed by atoms with Crippen molar-refractivity contribution in [2.45, 2.75) is 12.8 Å². The van der Waals surface area contributed by atoms with Crippen LogP contribution in [-0.2, 0) is 16.6 Å². The molecule has 10 heteroatoms. The zero-order valence-electron chi connectivity index (χ0n) is 19.2. The number of benzene rings is 2. The average Bonchev–Trinajstić information content (AvgIpc) is 3.57. The Morgan fingerprint density at radius 1 is 0.972 bits per heavy atom. The molecule has 1 fully saturated rings. The van der Waals surface area contributed by atoms with Gasteiger partial charge in [-0.05, 0) is 55.3 Å². The molecule has 8 nitrogen and oxygen atoms in total. The van der Waals surface area contributed by atoms with Crippen LogP contribution in [0.3, 0.4) is 0 Å². The van der Waals surface area contributed by atoms with Crippen LogP contribution in [0.1, 0.15) is 12.8 Å². The van der Waals surface area contributed by atoms with E-state index in [2.05, 4.69) is 20.7 Å². The highest BCUT2D eigenvalue weighted by Gasteiger charge is 2.56. The van der Waals surface area contributed by atoms with Crippen molar-refractivity contribution in [1.82, 2.24) is 14.8 Å². The summed E-state index contributed by atoms with van der Waals surface area (Å²) in [6.07, 6.45) is 5.73. The topological polar surface area (TPSA) is 98.1 Å². The number of amides is 2. The molecule has 1 saturated carbocycles. The number of pyridine rings is 1. The Morgan fingerprint density at radius 3 is 2.31 bits per heavy atom. The van der Waals surface area contributed by atoms with Crippen molar-refractivity contribution < 1.29 is 23.1 Å². The van der Waals surface area contributed by atoms with E-state index in [1.165, 1.54) is 36.4 Å². The molecule has 2 heterocycles. The van der Waals surface area contributed by atoms with E-state index in [0.717, 1.165) is 11.6 Å². The molecule has 2 aromatic carbocycles. The minimum absolute atomic E-state index is 0.0356. The van der Waals surface area contributed by atoms with Gasteiger partial charge in [0.15, 0.2) is 11.6 Å². The van der Waals surface area contributed by atoms with Crippen molar-refractivity contribution in [3.63, 3.8) is 0 Å². The van der Waals surface area contributed by atoms with Gasteiger partial charge in [0.1, 0.15) is 17.0 Å². The molecule has 1 aliphatic carbocycles. The van der Waals surface area contributed by atoms with Crippen molar-refractivity contribution in [2.75, 3.05) is 10.6 Å². The van der Waals surface area contributed by atoms with Crippen LogP contribution in [0.25, 0.3) is 11.3 Å². The van der Waals surface area contributed by atoms with Crippen LogP contribution in [0.5, 0.6) is 11.5 Å². The fourth-order valence-corrected chi connectivity index (χ4v) is 3.69. The van der Waals surface area contributed by atoms with Crippen molar-refractivity contribution >= 4 is 23.2 Å². The maximum atomic E-state index is 14.8. The second-order valence-electron chi connectivity index (χ2n) is 8.52. The summed E-state index contributed by atoms with van der Waals surface area (Å²) < 4.78 is 35.2. The van der Waals surface area contributed by atoms with Crippen LogP contribution >= 0.6 is 0 Å². The Kier molecular flexibility index (Phi) is 5.93. The Balaban J connectivity index is 1.25. The summed E-state index contributed by atoms with van der Waals surface area (Å²) in [5, 5.41) is 9.36. The highest BCUT2D eigenvalue weighted by Crippen LogP contribution is 2.47. The molecule has 1 aliphatic rings. The second-order valence-corrected chi connectivity index (χ2v) is 8.52. The number of hydrogen-bond acceptors (Lipinski definition) is 5. The Morgan fingerprint density at radius 2 is 1.67 bits per heavy atom. The molecule has 36 heavy (non-hydrogen) atoms. The van der Waals surface area contributed by atoms with E-state index in [4.69, 9.17) is 4.74 Å². The maximum Gasteiger partial charge on any atom is 0.240 e. The van der Waals surface area contributed by atoms with Gasteiger partial charge < -0.3 is 15.4 Å². The van der Waals surface area contributed by atoms with Crippen LogP contribution in [0.15, 0.2) is 73.2 Å². The van der Waals surface area contributed by atoms with Gasteiger partial charge in [-0.15, -0.1) is 0 Å². The molecule has 2 N–H and O–H groups in total. The SMILES string of the molecule is Cn1cc(-c2cc(Oc3ccc(NC(=O)C4(C(=O)Nc5ccc(F)cc5)CC4)cc3F)ccn2)cn1. The number of nitrogens with zero attached hydrogens (tertiary/aromatic N) is 3. The van der Waals surface area contributed by atoms with E-state index < -0.39 is 28.9 Å². The van der Waals surface area contributed by atoms with Crippen molar-refractivity contribution in [3.05, 3.63) is 84.8 Å². The van der Waals surface area contributed by atoms with Gasteiger partial charge in [-0.2, -0.15) is 5.10 Å². The fraction of sp³-hybridized carbons (Fsp3) is 0.154. The third-order valence-corrected chi connectivity index (χ3v) is 5.87. The lowest BCUT2D eigenvalue weighted by molar-refractivity contribution is -0.131. The molecule has 0 radical (unpaired) electrons. The zero-order valence-corrected chi connectivity index (χ0v) is 19.2. The lowest BCUT2D eigenvalue weighted by atomic mass is 10.0. The number of ether oxygens (including phenoxy) is 1. The lowest BCUT2D eigenvalue weighted by Crippen LogP contribution is -2.35. The average molecular weight is 489 g/mol. The largest absolute Gasteiger partial charge is 0.454 e. The van der Waals surface area contributed by atoms with E-state index in [0.29, 0.717) is 30.0 Å². The molecule has 182 valence electrons. The molecular weight excluding hydrogens is 468 g/mol. The molecule has 0 spiro atoms. The van der Waals surface area contributed by atoms with Gasteiger partial charge in [0.2, 0.25) is 11.8 Å². The number of hydrogen-bond donors (Lipinski definition) is 2. The molecule has 2 aromatic heterocycles. The summed E-state index contributed by atoms with van der Waals surface area (Å²) in [4.78, 5) is 29.8. The van der Waals surface area contributed by atoms with Crippen LogP contribution in [0.2, 0.25) is 0 Å². The van der Waals surface area contributed by atoms with E-state index in [1.807, 2.05) is 0 Å². The summed E-state index contributed by atoms with van der Waals surface area (Å²) >= 11 is 0. The number of nitrogens with one attached hydrogen (secondary N) is 2. The number of aromatic nitrogens is 3. The Bertz CT molecular complexity index is 1450. The number of aryl methyl sites for hydroxylation is 1. The summed E-state index contributed by atoms with van der Waals surface area (Å²) in [6.45, 7) is 0. The lowest BCUT2D eigenvalue weighted by Gasteiger charge is -2.16. The van der Waals surface area contributed by atoms with Gasteiger partial charge in [0.25, 0.3) is 0 Å². The van der Waals surface area contributed by atoms with E-state index in [-0.39, 0.29) is 11.4 Å². The minimum atomic E-state index is -1.25. The fourth-order valence-electron chi connectivity index (χ4n) is 3.69. The van der Waals surface area contributed by atoms with Crippen molar-refractivity contribution in [1.29, 1.82) is 0 Å². The summed E-state index contributed by atoms with van der Waals surface area (Å²) in [5.74, 6) is -1.80.